The Hall–Kier alpha value is -1.66. The van der Waals surface area contributed by atoms with Gasteiger partial charge in [0.25, 0.3) is 5.69 Å². The minimum Gasteiger partial charge on any atom is -0.456 e. The number of nitro benzene ring substituents is 1. The molecule has 7 heteroatoms. The number of esters is 1. The van der Waals surface area contributed by atoms with E-state index in [0.29, 0.717) is 5.92 Å². The monoisotopic (exact) mass is 327 g/mol. The molecule has 1 fully saturated rings. The van der Waals surface area contributed by atoms with Crippen molar-refractivity contribution < 1.29 is 19.8 Å². The number of quaternary nitrogens is 1. The van der Waals surface area contributed by atoms with Gasteiger partial charge in [-0.2, -0.15) is 0 Å². The van der Waals surface area contributed by atoms with E-state index >= 15 is 0 Å². The van der Waals surface area contributed by atoms with E-state index in [2.05, 4.69) is 5.32 Å². The van der Waals surface area contributed by atoms with Crippen molar-refractivity contribution in [1.82, 2.24) is 0 Å². The van der Waals surface area contributed by atoms with Crippen LogP contribution in [0.5, 0.6) is 0 Å². The zero-order valence-electron chi connectivity index (χ0n) is 12.7. The summed E-state index contributed by atoms with van der Waals surface area (Å²) in [4.78, 5) is 22.6. The third kappa shape index (κ3) is 3.75. The average Bonchev–Trinajstić information content (AvgIpc) is 2.47. The molecular formula is C15H20ClN2O4+. The summed E-state index contributed by atoms with van der Waals surface area (Å²) in [6.07, 6.45) is 1.97. The van der Waals surface area contributed by atoms with E-state index in [9.17, 15) is 14.9 Å². The number of nitrogens with two attached hydrogens (primary N) is 1. The number of hydrogen-bond acceptors (Lipinski definition) is 4. The van der Waals surface area contributed by atoms with Gasteiger partial charge in [0.2, 0.25) is 0 Å². The second-order valence-electron chi connectivity index (χ2n) is 6.06. The number of carbonyl (C=O) groups excluding carboxylic acids is 1. The Balaban J connectivity index is 2.14. The molecule has 1 aliphatic heterocycles. The molecule has 0 bridgehead atoms. The molecule has 0 spiro atoms. The minimum absolute atomic E-state index is 0.00336. The van der Waals surface area contributed by atoms with Crippen molar-refractivity contribution >= 4 is 23.3 Å². The lowest BCUT2D eigenvalue weighted by Gasteiger charge is -2.35. The summed E-state index contributed by atoms with van der Waals surface area (Å²) >= 11 is 5.75. The Bertz CT molecular complexity index is 583. The topological polar surface area (TPSA) is 86.0 Å². The Morgan fingerprint density at radius 2 is 2.05 bits per heavy atom. The summed E-state index contributed by atoms with van der Waals surface area (Å²) in [5.41, 5.74) is -0.743. The van der Waals surface area contributed by atoms with Crippen LogP contribution >= 0.6 is 11.6 Å². The maximum Gasteiger partial charge on any atom is 0.338 e. The quantitative estimate of drug-likeness (QED) is 0.521. The molecule has 0 aliphatic carbocycles. The van der Waals surface area contributed by atoms with Crippen LogP contribution in [0.3, 0.4) is 0 Å². The fourth-order valence-corrected chi connectivity index (χ4v) is 2.97. The molecule has 0 saturated carbocycles. The van der Waals surface area contributed by atoms with Gasteiger partial charge in [0.1, 0.15) is 10.6 Å². The third-order valence-corrected chi connectivity index (χ3v) is 4.48. The number of rotatable bonds is 4. The lowest BCUT2D eigenvalue weighted by atomic mass is 9.83. The predicted molar refractivity (Wildman–Crippen MR) is 82.0 cm³/mol. The molecule has 2 rings (SSSR count). The van der Waals surface area contributed by atoms with Gasteiger partial charge in [-0.05, 0) is 26.0 Å². The molecular weight excluding hydrogens is 308 g/mol. The molecule has 6 nitrogen and oxygen atoms in total. The van der Waals surface area contributed by atoms with Crippen molar-refractivity contribution in [2.45, 2.75) is 32.3 Å². The van der Waals surface area contributed by atoms with Crippen LogP contribution in [0.25, 0.3) is 0 Å². The van der Waals surface area contributed by atoms with Crippen LogP contribution in [-0.4, -0.2) is 29.6 Å². The number of carbonyl (C=O) groups is 1. The first-order valence-electron chi connectivity index (χ1n) is 7.30. The highest BCUT2D eigenvalue weighted by molar-refractivity contribution is 6.32. The standard InChI is InChI=1S/C15H19ClN2O4/c1-15(2,11-5-7-17-8-6-11)22-14(19)10-3-4-12(16)13(9-10)18(20)21/h3-4,9,11,17H,5-8H2,1-2H3/p+1. The Morgan fingerprint density at radius 3 is 2.64 bits per heavy atom. The molecule has 0 atom stereocenters. The molecule has 0 radical (unpaired) electrons. The molecule has 120 valence electrons. The molecule has 22 heavy (non-hydrogen) atoms. The zero-order valence-corrected chi connectivity index (χ0v) is 13.4. The van der Waals surface area contributed by atoms with E-state index in [-0.39, 0.29) is 16.3 Å². The maximum atomic E-state index is 12.3. The Morgan fingerprint density at radius 1 is 1.41 bits per heavy atom. The first kappa shape index (κ1) is 16.7. The number of piperidine rings is 1. The van der Waals surface area contributed by atoms with Crippen LogP contribution in [0.1, 0.15) is 37.0 Å². The van der Waals surface area contributed by atoms with Gasteiger partial charge in [-0.25, -0.2) is 4.79 Å². The van der Waals surface area contributed by atoms with Crippen LogP contribution in [0, 0.1) is 16.0 Å². The summed E-state index contributed by atoms with van der Waals surface area (Å²) in [7, 11) is 0. The second-order valence-corrected chi connectivity index (χ2v) is 6.46. The lowest BCUT2D eigenvalue weighted by Crippen LogP contribution is -2.86. The third-order valence-electron chi connectivity index (χ3n) is 4.16. The molecule has 0 aromatic heterocycles. The fraction of sp³-hybridized carbons (Fsp3) is 0.533. The predicted octanol–water partition coefficient (Wildman–Crippen LogP) is 2.16. The first-order chi connectivity index (χ1) is 10.3. The number of halogens is 1. The number of nitro groups is 1. The van der Waals surface area contributed by atoms with Crippen LogP contribution < -0.4 is 5.32 Å². The molecule has 1 aromatic rings. The van der Waals surface area contributed by atoms with Gasteiger partial charge >= 0.3 is 5.97 Å². The summed E-state index contributed by atoms with van der Waals surface area (Å²) < 4.78 is 5.62. The summed E-state index contributed by atoms with van der Waals surface area (Å²) in [6, 6.07) is 3.96. The fourth-order valence-electron chi connectivity index (χ4n) is 2.78. The van der Waals surface area contributed by atoms with Gasteiger partial charge in [0.05, 0.1) is 23.6 Å². The number of nitrogens with zero attached hydrogens (tertiary/aromatic N) is 1. The SMILES string of the molecule is CC(C)(OC(=O)c1ccc(Cl)c([N+](=O)[O-])c1)C1CC[NH2+]CC1. The highest BCUT2D eigenvalue weighted by Crippen LogP contribution is 2.30. The highest BCUT2D eigenvalue weighted by atomic mass is 35.5. The van der Waals surface area contributed by atoms with E-state index in [4.69, 9.17) is 16.3 Å². The van der Waals surface area contributed by atoms with E-state index < -0.39 is 16.5 Å². The van der Waals surface area contributed by atoms with Crippen molar-refractivity contribution in [2.75, 3.05) is 13.1 Å². The van der Waals surface area contributed by atoms with Gasteiger partial charge < -0.3 is 10.1 Å². The zero-order chi connectivity index (χ0) is 16.3. The van der Waals surface area contributed by atoms with Crippen LogP contribution in [0.2, 0.25) is 5.02 Å². The molecule has 0 unspecified atom stereocenters. The molecule has 1 aliphatic rings. The molecule has 2 N–H and O–H groups in total. The maximum absolute atomic E-state index is 12.3. The highest BCUT2D eigenvalue weighted by Gasteiger charge is 2.35. The second kappa shape index (κ2) is 6.62. The molecule has 1 saturated heterocycles. The van der Waals surface area contributed by atoms with E-state index in [1.165, 1.54) is 12.1 Å². The normalized spacial score (nSPS) is 16.3. The first-order valence-corrected chi connectivity index (χ1v) is 7.68. The van der Waals surface area contributed by atoms with Gasteiger partial charge in [-0.3, -0.25) is 10.1 Å². The van der Waals surface area contributed by atoms with Gasteiger partial charge in [0, 0.05) is 24.8 Å². The van der Waals surface area contributed by atoms with Gasteiger partial charge in [-0.1, -0.05) is 11.6 Å². The Labute approximate surface area is 133 Å². The van der Waals surface area contributed by atoms with Crippen molar-refractivity contribution in [2.24, 2.45) is 5.92 Å². The summed E-state index contributed by atoms with van der Waals surface area (Å²) in [5.74, 6) is -0.261. The van der Waals surface area contributed by atoms with Crippen molar-refractivity contribution in [1.29, 1.82) is 0 Å². The van der Waals surface area contributed by atoms with Crippen LogP contribution in [-0.2, 0) is 4.74 Å². The Kier molecular flexibility index (Phi) is 5.03. The van der Waals surface area contributed by atoms with Crippen molar-refractivity contribution in [3.05, 3.63) is 38.9 Å². The van der Waals surface area contributed by atoms with Crippen LogP contribution in [0.4, 0.5) is 5.69 Å². The number of hydrogen-bond donors (Lipinski definition) is 1. The smallest absolute Gasteiger partial charge is 0.338 e. The molecule has 0 amide bonds. The van der Waals surface area contributed by atoms with E-state index in [0.717, 1.165) is 32.0 Å². The van der Waals surface area contributed by atoms with Crippen LogP contribution in [0.15, 0.2) is 18.2 Å². The largest absolute Gasteiger partial charge is 0.456 e. The average molecular weight is 328 g/mol. The number of benzene rings is 1. The van der Waals surface area contributed by atoms with Gasteiger partial charge in [0.15, 0.2) is 0 Å². The molecule has 1 aromatic carbocycles. The van der Waals surface area contributed by atoms with Gasteiger partial charge in [-0.15, -0.1) is 0 Å². The van der Waals surface area contributed by atoms with E-state index in [1.807, 2.05) is 13.8 Å². The van der Waals surface area contributed by atoms with Crippen molar-refractivity contribution in [3.8, 4) is 0 Å². The lowest BCUT2D eigenvalue weighted by molar-refractivity contribution is -0.665. The van der Waals surface area contributed by atoms with E-state index in [1.54, 1.807) is 0 Å². The molecule has 1 heterocycles. The summed E-state index contributed by atoms with van der Waals surface area (Å²) in [5, 5.41) is 13.1. The number of ether oxygens (including phenoxy) is 1. The minimum atomic E-state index is -0.610. The summed E-state index contributed by atoms with van der Waals surface area (Å²) in [6.45, 7) is 5.84. The van der Waals surface area contributed by atoms with Crippen molar-refractivity contribution in [3.63, 3.8) is 0 Å².